The van der Waals surface area contributed by atoms with Crippen LogP contribution in [0.5, 0.6) is 0 Å². The van der Waals surface area contributed by atoms with Crippen LogP contribution in [0.1, 0.15) is 17.7 Å². The SMILES string of the molecule is Cc1cccc(N=C2SC(CC(=O)Nc3cccc(Cl)c3)C(=O)N2Cc2ccccn2)c1. The van der Waals surface area contributed by atoms with Crippen molar-refractivity contribution in [2.24, 2.45) is 4.99 Å². The molecule has 0 bridgehead atoms. The van der Waals surface area contributed by atoms with Crippen LogP contribution in [-0.4, -0.2) is 32.1 Å². The molecular formula is C24H21ClN4O2S. The molecule has 32 heavy (non-hydrogen) atoms. The molecule has 1 aromatic heterocycles. The average molecular weight is 465 g/mol. The molecule has 162 valence electrons. The van der Waals surface area contributed by atoms with E-state index in [4.69, 9.17) is 16.6 Å². The zero-order chi connectivity index (χ0) is 22.5. The van der Waals surface area contributed by atoms with Crippen molar-refractivity contribution in [3.63, 3.8) is 0 Å². The summed E-state index contributed by atoms with van der Waals surface area (Å²) in [4.78, 5) is 36.5. The Morgan fingerprint density at radius 3 is 2.75 bits per heavy atom. The van der Waals surface area contributed by atoms with E-state index >= 15 is 0 Å². The van der Waals surface area contributed by atoms with E-state index in [-0.39, 0.29) is 18.2 Å². The van der Waals surface area contributed by atoms with Gasteiger partial charge < -0.3 is 5.32 Å². The fourth-order valence-corrected chi connectivity index (χ4v) is 4.63. The van der Waals surface area contributed by atoms with E-state index in [0.717, 1.165) is 16.9 Å². The van der Waals surface area contributed by atoms with Gasteiger partial charge in [-0.3, -0.25) is 19.5 Å². The van der Waals surface area contributed by atoms with Crippen molar-refractivity contribution >= 4 is 51.7 Å². The number of hydrogen-bond donors (Lipinski definition) is 1. The Kier molecular flexibility index (Phi) is 6.87. The van der Waals surface area contributed by atoms with Gasteiger partial charge in [0.2, 0.25) is 11.8 Å². The molecule has 2 aromatic carbocycles. The molecule has 1 N–H and O–H groups in total. The lowest BCUT2D eigenvalue weighted by molar-refractivity contribution is -0.128. The fourth-order valence-electron chi connectivity index (χ4n) is 3.28. The molecule has 1 aliphatic heterocycles. The quantitative estimate of drug-likeness (QED) is 0.543. The van der Waals surface area contributed by atoms with E-state index in [9.17, 15) is 9.59 Å². The number of aliphatic imine (C=N–C) groups is 1. The van der Waals surface area contributed by atoms with Crippen LogP contribution in [0.4, 0.5) is 11.4 Å². The maximum atomic E-state index is 13.2. The first-order valence-corrected chi connectivity index (χ1v) is 11.3. The Balaban J connectivity index is 1.54. The van der Waals surface area contributed by atoms with E-state index in [1.54, 1.807) is 35.4 Å². The predicted molar refractivity (Wildman–Crippen MR) is 129 cm³/mol. The smallest absolute Gasteiger partial charge is 0.243 e. The fraction of sp³-hybridized carbons (Fsp3) is 0.167. The number of halogens is 1. The van der Waals surface area contributed by atoms with Crippen LogP contribution >= 0.6 is 23.4 Å². The van der Waals surface area contributed by atoms with Crippen LogP contribution in [0, 0.1) is 6.92 Å². The van der Waals surface area contributed by atoms with Gasteiger partial charge in [-0.1, -0.05) is 47.6 Å². The van der Waals surface area contributed by atoms with Gasteiger partial charge in [0.15, 0.2) is 5.17 Å². The van der Waals surface area contributed by atoms with Gasteiger partial charge in [0.05, 0.1) is 17.9 Å². The minimum atomic E-state index is -0.568. The molecule has 1 fully saturated rings. The number of hydrogen-bond acceptors (Lipinski definition) is 5. The molecule has 1 unspecified atom stereocenters. The molecule has 0 radical (unpaired) electrons. The lowest BCUT2D eigenvalue weighted by Crippen LogP contribution is -2.33. The molecule has 2 heterocycles. The summed E-state index contributed by atoms with van der Waals surface area (Å²) in [6.45, 7) is 2.29. The second-order valence-electron chi connectivity index (χ2n) is 7.35. The standard InChI is InChI=1S/C24H21ClN4O2S/c1-16-6-4-9-18(12-16)28-24-29(15-20-8-2-3-11-26-20)23(31)21(32-24)14-22(30)27-19-10-5-7-17(25)13-19/h2-13,21H,14-15H2,1H3,(H,27,30). The summed E-state index contributed by atoms with van der Waals surface area (Å²) in [5.41, 5.74) is 3.18. The Labute approximate surface area is 195 Å². The number of aromatic nitrogens is 1. The van der Waals surface area contributed by atoms with Gasteiger partial charge in [0.25, 0.3) is 0 Å². The van der Waals surface area contributed by atoms with Crippen LogP contribution in [0.2, 0.25) is 5.02 Å². The Morgan fingerprint density at radius 2 is 2.00 bits per heavy atom. The number of nitrogens with zero attached hydrogens (tertiary/aromatic N) is 3. The van der Waals surface area contributed by atoms with Crippen molar-refractivity contribution < 1.29 is 9.59 Å². The molecule has 1 aliphatic rings. The first-order chi connectivity index (χ1) is 15.5. The van der Waals surface area contributed by atoms with Gasteiger partial charge in [-0.2, -0.15) is 0 Å². The number of carbonyl (C=O) groups excluding carboxylic acids is 2. The molecule has 4 rings (SSSR count). The third-order valence-electron chi connectivity index (χ3n) is 4.77. The Morgan fingerprint density at radius 1 is 1.16 bits per heavy atom. The second-order valence-corrected chi connectivity index (χ2v) is 8.95. The second kappa shape index (κ2) is 9.97. The third kappa shape index (κ3) is 5.55. The predicted octanol–water partition coefficient (Wildman–Crippen LogP) is 5.20. The van der Waals surface area contributed by atoms with Gasteiger partial charge >= 0.3 is 0 Å². The number of anilines is 1. The van der Waals surface area contributed by atoms with E-state index < -0.39 is 5.25 Å². The topological polar surface area (TPSA) is 74.7 Å². The molecule has 0 spiro atoms. The third-order valence-corrected chi connectivity index (χ3v) is 6.18. The van der Waals surface area contributed by atoms with Crippen molar-refractivity contribution in [1.82, 2.24) is 9.88 Å². The van der Waals surface area contributed by atoms with E-state index in [0.29, 0.717) is 22.4 Å². The van der Waals surface area contributed by atoms with Crippen LogP contribution in [0.25, 0.3) is 0 Å². The molecule has 8 heteroatoms. The molecular weight excluding hydrogens is 444 g/mol. The normalized spacial score (nSPS) is 17.1. The summed E-state index contributed by atoms with van der Waals surface area (Å²) in [5, 5.41) is 3.33. The molecule has 3 aromatic rings. The lowest BCUT2D eigenvalue weighted by Gasteiger charge is -2.16. The monoisotopic (exact) mass is 464 g/mol. The number of rotatable bonds is 6. The first-order valence-electron chi connectivity index (χ1n) is 10.1. The van der Waals surface area contributed by atoms with E-state index in [1.165, 1.54) is 11.8 Å². The van der Waals surface area contributed by atoms with E-state index in [2.05, 4.69) is 10.3 Å². The number of aryl methyl sites for hydroxylation is 1. The Bertz CT molecular complexity index is 1170. The summed E-state index contributed by atoms with van der Waals surface area (Å²) in [7, 11) is 0. The Hall–Kier alpha value is -3.16. The first kappa shape index (κ1) is 22.0. The molecule has 6 nitrogen and oxygen atoms in total. The minimum Gasteiger partial charge on any atom is -0.326 e. The van der Waals surface area contributed by atoms with Gasteiger partial charge in [-0.25, -0.2) is 4.99 Å². The summed E-state index contributed by atoms with van der Waals surface area (Å²) in [5.74, 6) is -0.416. The van der Waals surface area contributed by atoms with Gasteiger partial charge in [-0.05, 0) is 55.0 Å². The number of benzene rings is 2. The minimum absolute atomic E-state index is 0.0293. The number of pyridine rings is 1. The average Bonchev–Trinajstić information content (AvgIpc) is 3.03. The summed E-state index contributed by atoms with van der Waals surface area (Å²) < 4.78 is 0. The molecule has 0 saturated carbocycles. The number of amidine groups is 1. The number of nitrogens with one attached hydrogen (secondary N) is 1. The summed E-state index contributed by atoms with van der Waals surface area (Å²) in [6, 6.07) is 20.2. The van der Waals surface area contributed by atoms with Crippen LogP contribution in [-0.2, 0) is 16.1 Å². The van der Waals surface area contributed by atoms with Crippen molar-refractivity contribution in [3.8, 4) is 0 Å². The van der Waals surface area contributed by atoms with Crippen molar-refractivity contribution in [1.29, 1.82) is 0 Å². The van der Waals surface area contributed by atoms with Crippen molar-refractivity contribution in [2.45, 2.75) is 25.1 Å². The van der Waals surface area contributed by atoms with Crippen molar-refractivity contribution in [3.05, 3.63) is 89.2 Å². The highest BCUT2D eigenvalue weighted by Crippen LogP contribution is 2.33. The van der Waals surface area contributed by atoms with Crippen molar-refractivity contribution in [2.75, 3.05) is 5.32 Å². The number of carbonyl (C=O) groups is 2. The number of thioether (sulfide) groups is 1. The molecule has 1 saturated heterocycles. The number of amides is 2. The summed E-state index contributed by atoms with van der Waals surface area (Å²) in [6.07, 6.45) is 1.72. The van der Waals surface area contributed by atoms with E-state index in [1.807, 2.05) is 49.4 Å². The lowest BCUT2D eigenvalue weighted by atomic mass is 10.2. The van der Waals surface area contributed by atoms with Crippen LogP contribution in [0.3, 0.4) is 0 Å². The zero-order valence-electron chi connectivity index (χ0n) is 17.4. The van der Waals surface area contributed by atoms with Gasteiger partial charge in [-0.15, -0.1) is 0 Å². The van der Waals surface area contributed by atoms with Crippen LogP contribution < -0.4 is 5.32 Å². The highest BCUT2D eigenvalue weighted by atomic mass is 35.5. The van der Waals surface area contributed by atoms with Gasteiger partial charge in [0.1, 0.15) is 5.25 Å². The highest BCUT2D eigenvalue weighted by Gasteiger charge is 2.39. The molecule has 2 amide bonds. The molecule has 0 aliphatic carbocycles. The highest BCUT2D eigenvalue weighted by molar-refractivity contribution is 8.15. The molecule has 1 atom stereocenters. The zero-order valence-corrected chi connectivity index (χ0v) is 18.9. The van der Waals surface area contributed by atoms with Crippen LogP contribution in [0.15, 0.2) is 77.9 Å². The maximum Gasteiger partial charge on any atom is 0.243 e. The largest absolute Gasteiger partial charge is 0.326 e. The van der Waals surface area contributed by atoms with Gasteiger partial charge in [0, 0.05) is 23.3 Å². The maximum absolute atomic E-state index is 13.2. The summed E-state index contributed by atoms with van der Waals surface area (Å²) >= 11 is 7.29.